The van der Waals surface area contributed by atoms with Crippen molar-refractivity contribution < 1.29 is 14.3 Å². The fraction of sp³-hybridized carbons (Fsp3) is 0.600. The van der Waals surface area contributed by atoms with Gasteiger partial charge in [0.15, 0.2) is 17.5 Å². The van der Waals surface area contributed by atoms with E-state index in [1.54, 1.807) is 21.3 Å². The Hall–Kier alpha value is -2.44. The van der Waals surface area contributed by atoms with Crippen molar-refractivity contribution in [3.05, 3.63) is 23.3 Å². The molecule has 27 heavy (non-hydrogen) atoms. The van der Waals surface area contributed by atoms with Gasteiger partial charge >= 0.3 is 0 Å². The van der Waals surface area contributed by atoms with E-state index in [1.807, 2.05) is 51.8 Å². The number of hydrogen-bond donors (Lipinski definition) is 2. The first-order valence-electron chi connectivity index (χ1n) is 9.13. The smallest absolute Gasteiger partial charge is 0.227 e. The van der Waals surface area contributed by atoms with Crippen LogP contribution in [0, 0.1) is 12.3 Å². The molecule has 0 bridgehead atoms. The summed E-state index contributed by atoms with van der Waals surface area (Å²) in [5.74, 6) is 2.15. The molecule has 0 aliphatic rings. The Morgan fingerprint density at radius 2 is 1.81 bits per heavy atom. The van der Waals surface area contributed by atoms with Crippen molar-refractivity contribution in [2.24, 2.45) is 10.4 Å². The molecule has 1 amide bonds. The molecule has 7 heteroatoms. The van der Waals surface area contributed by atoms with Gasteiger partial charge in [0.25, 0.3) is 0 Å². The number of hydrogen-bond acceptors (Lipinski definition) is 4. The first-order valence-corrected chi connectivity index (χ1v) is 9.13. The van der Waals surface area contributed by atoms with Crippen molar-refractivity contribution in [2.75, 3.05) is 41.4 Å². The number of nitrogens with one attached hydrogen (secondary N) is 2. The van der Waals surface area contributed by atoms with Gasteiger partial charge in [0.1, 0.15) is 0 Å². The highest BCUT2D eigenvalue weighted by atomic mass is 16.5. The van der Waals surface area contributed by atoms with Crippen molar-refractivity contribution in [2.45, 2.75) is 34.2 Å². The summed E-state index contributed by atoms with van der Waals surface area (Å²) >= 11 is 0. The average Bonchev–Trinajstić information content (AvgIpc) is 2.65. The molecule has 0 heterocycles. The minimum absolute atomic E-state index is 0.0273. The molecular formula is C20H34N4O3. The summed E-state index contributed by atoms with van der Waals surface area (Å²) in [5.41, 5.74) is 1.66. The Balaban J connectivity index is 3.04. The molecule has 0 aromatic heterocycles. The van der Waals surface area contributed by atoms with Gasteiger partial charge in [-0.25, -0.2) is 0 Å². The molecule has 2 N–H and O–H groups in total. The van der Waals surface area contributed by atoms with Crippen molar-refractivity contribution >= 4 is 11.9 Å². The highest BCUT2D eigenvalue weighted by Gasteiger charge is 2.26. The number of ether oxygens (including phenoxy) is 2. The van der Waals surface area contributed by atoms with E-state index < -0.39 is 5.41 Å². The number of amides is 1. The van der Waals surface area contributed by atoms with Crippen LogP contribution < -0.4 is 20.1 Å². The molecule has 1 aromatic rings. The summed E-state index contributed by atoms with van der Waals surface area (Å²) in [6.45, 7) is 9.63. The van der Waals surface area contributed by atoms with Crippen LogP contribution in [-0.4, -0.2) is 58.2 Å². The molecule has 0 aliphatic carbocycles. The van der Waals surface area contributed by atoms with Gasteiger partial charge in [0, 0.05) is 27.2 Å². The Labute approximate surface area is 163 Å². The maximum absolute atomic E-state index is 12.0. The first-order chi connectivity index (χ1) is 12.7. The number of aryl methyl sites for hydroxylation is 1. The van der Waals surface area contributed by atoms with Crippen LogP contribution in [0.3, 0.4) is 0 Å². The fourth-order valence-corrected chi connectivity index (χ4v) is 2.68. The molecule has 0 spiro atoms. The van der Waals surface area contributed by atoms with E-state index in [0.717, 1.165) is 23.6 Å². The lowest BCUT2D eigenvalue weighted by atomic mass is 9.93. The van der Waals surface area contributed by atoms with Gasteiger partial charge in [0.2, 0.25) is 5.91 Å². The highest BCUT2D eigenvalue weighted by molar-refractivity contribution is 5.83. The Bertz CT molecular complexity index is 671. The molecule has 0 fully saturated rings. The predicted molar refractivity (Wildman–Crippen MR) is 110 cm³/mol. The Morgan fingerprint density at radius 3 is 2.33 bits per heavy atom. The third-order valence-corrected chi connectivity index (χ3v) is 4.41. The first kappa shape index (κ1) is 22.6. The lowest BCUT2D eigenvalue weighted by Crippen LogP contribution is -2.41. The Morgan fingerprint density at radius 1 is 1.22 bits per heavy atom. The molecule has 7 nitrogen and oxygen atoms in total. The zero-order chi connectivity index (χ0) is 20.6. The van der Waals surface area contributed by atoms with Crippen LogP contribution in [0.25, 0.3) is 0 Å². The monoisotopic (exact) mass is 378 g/mol. The maximum Gasteiger partial charge on any atom is 0.227 e. The van der Waals surface area contributed by atoms with E-state index >= 15 is 0 Å². The number of aliphatic imine (C=N–C) groups is 1. The Kier molecular flexibility index (Phi) is 8.40. The molecular weight excluding hydrogens is 344 g/mol. The number of carbonyl (C=O) groups is 1. The van der Waals surface area contributed by atoms with Gasteiger partial charge in [0.05, 0.1) is 26.2 Å². The zero-order valence-electron chi connectivity index (χ0n) is 17.9. The van der Waals surface area contributed by atoms with Crippen LogP contribution in [0.5, 0.6) is 11.5 Å². The highest BCUT2D eigenvalue weighted by Crippen LogP contribution is 2.30. The fourth-order valence-electron chi connectivity index (χ4n) is 2.68. The summed E-state index contributed by atoms with van der Waals surface area (Å²) in [5, 5.41) is 5.98. The molecule has 152 valence electrons. The number of methoxy groups -OCH3 is 2. The van der Waals surface area contributed by atoms with E-state index in [1.165, 1.54) is 0 Å². The van der Waals surface area contributed by atoms with Crippen molar-refractivity contribution in [1.29, 1.82) is 0 Å². The van der Waals surface area contributed by atoms with Crippen LogP contribution in [0.15, 0.2) is 17.1 Å². The van der Waals surface area contributed by atoms with E-state index in [9.17, 15) is 4.79 Å². The second-order valence-corrected chi connectivity index (χ2v) is 7.12. The standard InChI is InChI=1S/C20H34N4O3/c1-9-22-19(23-13-20(3,4)18(25)21-5)24(6)12-15-11-17(27-8)16(26-7)10-14(15)2/h10-11H,9,12-13H2,1-8H3,(H,21,25)(H,22,23). The van der Waals surface area contributed by atoms with Gasteiger partial charge in [-0.15, -0.1) is 0 Å². The van der Waals surface area contributed by atoms with Crippen molar-refractivity contribution in [1.82, 2.24) is 15.5 Å². The van der Waals surface area contributed by atoms with Gasteiger partial charge in [-0.1, -0.05) is 0 Å². The van der Waals surface area contributed by atoms with E-state index in [4.69, 9.17) is 9.47 Å². The van der Waals surface area contributed by atoms with E-state index in [0.29, 0.717) is 24.6 Å². The van der Waals surface area contributed by atoms with E-state index in [2.05, 4.69) is 15.6 Å². The lowest BCUT2D eigenvalue weighted by molar-refractivity contribution is -0.128. The predicted octanol–water partition coefficient (Wildman–Crippen LogP) is 2.18. The molecule has 0 saturated carbocycles. The van der Waals surface area contributed by atoms with Crippen molar-refractivity contribution in [3.8, 4) is 11.5 Å². The molecule has 1 rings (SSSR count). The maximum atomic E-state index is 12.0. The quantitative estimate of drug-likeness (QED) is 0.536. The SMILES string of the molecule is CCNC(=NCC(C)(C)C(=O)NC)N(C)Cc1cc(OC)c(OC)cc1C. The van der Waals surface area contributed by atoms with Crippen LogP contribution in [0.4, 0.5) is 0 Å². The summed E-state index contributed by atoms with van der Waals surface area (Å²) in [4.78, 5) is 18.7. The zero-order valence-corrected chi connectivity index (χ0v) is 17.9. The van der Waals surface area contributed by atoms with Gasteiger partial charge in [-0.05, 0) is 51.0 Å². The molecule has 0 aliphatic heterocycles. The molecule has 0 atom stereocenters. The van der Waals surface area contributed by atoms with Crippen molar-refractivity contribution in [3.63, 3.8) is 0 Å². The largest absolute Gasteiger partial charge is 0.493 e. The molecule has 0 saturated heterocycles. The summed E-state index contributed by atoms with van der Waals surface area (Å²) < 4.78 is 10.8. The third kappa shape index (κ3) is 6.05. The minimum Gasteiger partial charge on any atom is -0.493 e. The number of nitrogens with zero attached hydrogens (tertiary/aromatic N) is 2. The second kappa shape index (κ2) is 10.0. The minimum atomic E-state index is -0.574. The van der Waals surface area contributed by atoms with Crippen LogP contribution in [-0.2, 0) is 11.3 Å². The van der Waals surface area contributed by atoms with Crippen LogP contribution in [0.1, 0.15) is 31.9 Å². The van der Waals surface area contributed by atoms with Gasteiger partial charge < -0.3 is 25.0 Å². The average molecular weight is 379 g/mol. The molecule has 0 radical (unpaired) electrons. The van der Waals surface area contributed by atoms with Gasteiger partial charge in [-0.2, -0.15) is 0 Å². The topological polar surface area (TPSA) is 75.2 Å². The van der Waals surface area contributed by atoms with Crippen LogP contribution >= 0.6 is 0 Å². The lowest BCUT2D eigenvalue weighted by Gasteiger charge is -2.26. The number of benzene rings is 1. The third-order valence-electron chi connectivity index (χ3n) is 4.41. The second-order valence-electron chi connectivity index (χ2n) is 7.12. The summed E-state index contributed by atoms with van der Waals surface area (Å²) in [6.07, 6.45) is 0. The van der Waals surface area contributed by atoms with E-state index in [-0.39, 0.29) is 5.91 Å². The summed E-state index contributed by atoms with van der Waals surface area (Å²) in [7, 11) is 6.88. The number of guanidine groups is 1. The normalized spacial score (nSPS) is 11.8. The van der Waals surface area contributed by atoms with Crippen LogP contribution in [0.2, 0.25) is 0 Å². The number of carbonyl (C=O) groups excluding carboxylic acids is 1. The number of rotatable bonds is 8. The molecule has 1 aromatic carbocycles. The molecule has 0 unspecified atom stereocenters. The summed E-state index contributed by atoms with van der Waals surface area (Å²) in [6, 6.07) is 3.96. The van der Waals surface area contributed by atoms with Gasteiger partial charge in [-0.3, -0.25) is 9.79 Å².